The average molecular weight is 2390 g/mol. The topological polar surface area (TPSA) is 278 Å². The number of hydrogen-bond donors (Lipinski definition) is 8. The van der Waals surface area contributed by atoms with E-state index >= 15 is 0 Å². The first-order valence-corrected chi connectivity index (χ1v) is 40.7. The van der Waals surface area contributed by atoms with Gasteiger partial charge in [-0.1, -0.05) is 228 Å². The fraction of sp³-hybridized carbons (Fsp3) is 0.422. The molecule has 8 N–H and O–H groups in total. The van der Waals surface area contributed by atoms with Crippen LogP contribution in [0, 0.1) is 129 Å². The Labute approximate surface area is 791 Å². The number of rotatable bonds is 13. The van der Waals surface area contributed by atoms with Crippen molar-refractivity contribution in [1.29, 1.82) is 0 Å². The van der Waals surface area contributed by atoms with Crippen LogP contribution < -0.4 is 0 Å². The summed E-state index contributed by atoms with van der Waals surface area (Å²) >= 11 is 0. The summed E-state index contributed by atoms with van der Waals surface area (Å²) in [7, 11) is 0. The standard InChI is InChI=1S/C19H18N3.C19H17N2.C16H19N2.C15H17N2.C11H22O2.C9H18O2.C8H16O2.C5H10O2.4Ir/c1-12-5-13(2)8-16(7-12)18-20-11-21-19(22-18)17-9-14(3)6-15(4)10-17;1-13-9-14(2)11-17(10-13)19-20-12-18(15(3)21-19)16-7-5-4-6-8-16;1-11-6-12(2)8-13(7-11)15-17-9-14(10-18-15)16(3,4)5;1-10(2)14-5-6-16-15(17-14)13-8-11(3)7-12(4)9-13;1-10(2,3)8(12)7-9(13)11(4,5)6;1-6(2)8(10)5-9(11)7(3)4;1-6(9)5-7(10)8(2,3)4;1-4(6)3-5(2)7;;;;/h5-9,11H,1-4H3;4-10,12H,1-3H3;6-7,9-10H,1-5H3;5-8,10H,1-4H3;7-8,12-13H,1-6H3;5-8,10-11H,1-4H3;5,7,9-10H,1-4H3;3-4,6-7H,1-2H3;;;;/q4*-1;;;;;;;;. The van der Waals surface area contributed by atoms with Gasteiger partial charge in [0.25, 0.3) is 0 Å². The molecule has 10 aromatic rings. The molecule has 0 amide bonds. The predicted molar refractivity (Wildman–Crippen MR) is 491 cm³/mol. The van der Waals surface area contributed by atoms with Crippen molar-refractivity contribution in [3.8, 4) is 68.1 Å². The number of allylic oxidation sites excluding steroid dienone is 4. The second kappa shape index (κ2) is 54.9. The maximum absolute atomic E-state index is 9.68. The molecule has 4 unspecified atom stereocenters. The van der Waals surface area contributed by atoms with Crippen molar-refractivity contribution in [2.75, 3.05) is 0 Å². The van der Waals surface area contributed by atoms with Gasteiger partial charge in [0.2, 0.25) is 0 Å². The Bertz CT molecular complexity index is 4790. The van der Waals surface area contributed by atoms with E-state index in [0.29, 0.717) is 17.6 Å². The number of aliphatic hydroxyl groups excluding tert-OH is 8. The van der Waals surface area contributed by atoms with Gasteiger partial charge in [-0.15, -0.1) is 140 Å². The van der Waals surface area contributed by atoms with Crippen LogP contribution in [0.15, 0.2) is 182 Å². The molecule has 0 aliphatic rings. The van der Waals surface area contributed by atoms with Crippen LogP contribution in [-0.4, -0.2) is 110 Å². The Morgan fingerprint density at radius 3 is 1.11 bits per heavy atom. The smallest absolute Gasteiger partial charge is 0.153 e. The fourth-order valence-electron chi connectivity index (χ4n) is 10.9. The Morgan fingerprint density at radius 1 is 0.390 bits per heavy atom. The monoisotopic (exact) mass is 2390 g/mol. The van der Waals surface area contributed by atoms with E-state index in [1.807, 2.05) is 180 Å². The summed E-state index contributed by atoms with van der Waals surface area (Å²) in [6.45, 7) is 62.9. The molecule has 21 heteroatoms. The van der Waals surface area contributed by atoms with Crippen LogP contribution in [0.5, 0.6) is 0 Å². The second-order valence-electron chi connectivity index (χ2n) is 35.9. The zero-order chi connectivity index (χ0) is 90.4. The van der Waals surface area contributed by atoms with Crippen LogP contribution >= 0.6 is 0 Å². The minimum atomic E-state index is -0.605. The first kappa shape index (κ1) is 117. The molecule has 17 nitrogen and oxygen atoms in total. The molecular weight excluding hydrogens is 2250 g/mol. The zero-order valence-electron chi connectivity index (χ0n) is 78.5. The Hall–Kier alpha value is -7.83. The van der Waals surface area contributed by atoms with Crippen LogP contribution in [0.3, 0.4) is 0 Å². The van der Waals surface area contributed by atoms with Crippen molar-refractivity contribution in [3.05, 3.63) is 278 Å². The van der Waals surface area contributed by atoms with Gasteiger partial charge in [0.15, 0.2) is 5.82 Å². The summed E-state index contributed by atoms with van der Waals surface area (Å²) < 4.78 is 0. The summed E-state index contributed by atoms with van der Waals surface area (Å²) in [6.07, 6.45) is 12.7. The molecule has 4 aromatic heterocycles. The van der Waals surface area contributed by atoms with E-state index in [9.17, 15) is 25.5 Å². The fourth-order valence-corrected chi connectivity index (χ4v) is 10.9. The van der Waals surface area contributed by atoms with Crippen LogP contribution in [0.2, 0.25) is 0 Å². The van der Waals surface area contributed by atoms with Gasteiger partial charge >= 0.3 is 0 Å². The van der Waals surface area contributed by atoms with Crippen molar-refractivity contribution in [1.82, 2.24) is 44.9 Å². The molecule has 0 aliphatic carbocycles. The molecular formula is C102H137Ir4N9O8-4. The van der Waals surface area contributed by atoms with Gasteiger partial charge in [-0.25, -0.2) is 4.98 Å². The Balaban J connectivity index is 0. The summed E-state index contributed by atoms with van der Waals surface area (Å²) in [4.78, 5) is 40.3. The van der Waals surface area contributed by atoms with Crippen LogP contribution in [0.25, 0.3) is 68.1 Å². The summed E-state index contributed by atoms with van der Waals surface area (Å²) in [5.41, 5.74) is 21.3. The third-order valence-corrected chi connectivity index (χ3v) is 17.8. The van der Waals surface area contributed by atoms with E-state index in [1.165, 1.54) is 64.6 Å². The molecule has 4 atom stereocenters. The third-order valence-electron chi connectivity index (χ3n) is 17.8. The minimum Gasteiger partial charge on any atom is -0.513 e. The second-order valence-corrected chi connectivity index (χ2v) is 35.9. The molecule has 6 aromatic carbocycles. The molecule has 123 heavy (non-hydrogen) atoms. The van der Waals surface area contributed by atoms with Gasteiger partial charge in [-0.05, 0) is 123 Å². The van der Waals surface area contributed by atoms with Crippen LogP contribution in [0.4, 0.5) is 0 Å². The number of hydrogen-bond acceptors (Lipinski definition) is 17. The average Bonchev–Trinajstić information content (AvgIpc) is 0.862. The first-order valence-electron chi connectivity index (χ1n) is 40.7. The maximum Gasteiger partial charge on any atom is 0.153 e. The quantitative estimate of drug-likeness (QED) is 0.0393. The van der Waals surface area contributed by atoms with Crippen molar-refractivity contribution < 1.29 is 121 Å². The van der Waals surface area contributed by atoms with Gasteiger partial charge in [-0.2, -0.15) is 0 Å². The SMILES string of the molecule is CC(C)(C)C(O)=CC(O)C(C)(C)C.CC(C)C(O)=CC(O)C(C)C.CC(O)=CC(C)O.CC(O)=CC(O)C(C)(C)C.Cc1[c-]c(-c2ncc(-c3ccccc3)c(C)n2)cc(C)c1.Cc1[c-]c(-c2ncc(C(C)(C)C)cn2)cc(C)c1.Cc1[c-]c(-c2nccc(C(C)C)n2)cc(C)c1.Cc1[c-]c(-c2ncnc(-c3cc(C)cc(C)c3)n2)cc(C)c1.[Ir].[Ir].[Ir].[Ir]. The van der Waals surface area contributed by atoms with Crippen molar-refractivity contribution in [3.63, 3.8) is 0 Å². The van der Waals surface area contributed by atoms with Gasteiger partial charge in [0.1, 0.15) is 6.33 Å². The van der Waals surface area contributed by atoms with E-state index < -0.39 is 24.4 Å². The van der Waals surface area contributed by atoms with E-state index in [1.54, 1.807) is 20.2 Å². The number of aromatic nitrogens is 9. The molecule has 4 radical (unpaired) electrons. The summed E-state index contributed by atoms with van der Waals surface area (Å²) in [6, 6.07) is 48.4. The van der Waals surface area contributed by atoms with Gasteiger partial charge in [0.05, 0.1) is 70.8 Å². The molecule has 0 saturated heterocycles. The first-order chi connectivity index (χ1) is 55.0. The number of benzene rings is 6. The molecule has 4 heterocycles. The normalized spacial score (nSPS) is 12.5. The van der Waals surface area contributed by atoms with Crippen LogP contribution in [-0.2, 0) is 85.8 Å². The molecule has 10 rings (SSSR count). The zero-order valence-corrected chi connectivity index (χ0v) is 88.1. The van der Waals surface area contributed by atoms with Crippen molar-refractivity contribution in [2.24, 2.45) is 28.1 Å². The molecule has 0 saturated carbocycles. The van der Waals surface area contributed by atoms with Crippen LogP contribution in [0.1, 0.15) is 224 Å². The van der Waals surface area contributed by atoms with E-state index in [4.69, 9.17) is 15.3 Å². The van der Waals surface area contributed by atoms with Crippen molar-refractivity contribution in [2.45, 2.75) is 257 Å². The third kappa shape index (κ3) is 44.7. The molecule has 678 valence electrons. The predicted octanol–water partition coefficient (Wildman–Crippen LogP) is 24.0. The van der Waals surface area contributed by atoms with E-state index in [-0.39, 0.29) is 137 Å². The van der Waals surface area contributed by atoms with E-state index in [0.717, 1.165) is 95.6 Å². The molecule has 0 bridgehead atoms. The maximum atomic E-state index is 9.68. The Morgan fingerprint density at radius 2 is 0.772 bits per heavy atom. The van der Waals surface area contributed by atoms with E-state index in [2.05, 4.69) is 218 Å². The minimum absolute atomic E-state index is 0. The van der Waals surface area contributed by atoms with Gasteiger partial charge in [-0.3, -0.25) is 39.9 Å². The molecule has 0 fully saturated rings. The summed E-state index contributed by atoms with van der Waals surface area (Å²) in [5.74, 6) is 5.14. The number of aryl methyl sites for hydroxylation is 11. The van der Waals surface area contributed by atoms with Gasteiger partial charge < -0.3 is 40.9 Å². The number of aliphatic hydroxyl groups is 8. The Kier molecular flexibility index (Phi) is 52.3. The van der Waals surface area contributed by atoms with Gasteiger partial charge in [0, 0.05) is 139 Å². The largest absolute Gasteiger partial charge is 0.513 e. The molecule has 0 spiro atoms. The summed E-state index contributed by atoms with van der Waals surface area (Å²) in [5, 5.41) is 72.9. The number of nitrogens with zero attached hydrogens (tertiary/aromatic N) is 9. The van der Waals surface area contributed by atoms with Crippen molar-refractivity contribution >= 4 is 0 Å². The molecule has 0 aliphatic heterocycles.